The minimum absolute atomic E-state index is 0.445. The highest BCUT2D eigenvalue weighted by molar-refractivity contribution is 5.95. The molecular formula is C17H14N2O. The van der Waals surface area contributed by atoms with Crippen molar-refractivity contribution in [1.82, 2.24) is 0 Å². The molecule has 3 rings (SSSR count). The largest absolute Gasteiger partial charge is 0.344 e. The molecule has 0 amide bonds. The van der Waals surface area contributed by atoms with E-state index in [0.29, 0.717) is 5.69 Å². The molecule has 0 N–H and O–H groups in total. The monoisotopic (exact) mass is 262 g/mol. The summed E-state index contributed by atoms with van der Waals surface area (Å²) in [6, 6.07) is 21.8. The summed E-state index contributed by atoms with van der Waals surface area (Å²) in [7, 11) is 2.02. The number of benzene rings is 3. The van der Waals surface area contributed by atoms with Crippen molar-refractivity contribution in [3.8, 4) is 0 Å². The summed E-state index contributed by atoms with van der Waals surface area (Å²) >= 11 is 0. The van der Waals surface area contributed by atoms with Gasteiger partial charge < -0.3 is 4.90 Å². The average molecular weight is 262 g/mol. The Morgan fingerprint density at radius 2 is 1.55 bits per heavy atom. The molecule has 0 radical (unpaired) electrons. The molecule has 20 heavy (non-hydrogen) atoms. The molecule has 0 aliphatic rings. The van der Waals surface area contributed by atoms with Crippen LogP contribution in [0.3, 0.4) is 0 Å². The molecule has 3 heteroatoms. The normalized spacial score (nSPS) is 10.4. The van der Waals surface area contributed by atoms with Crippen LogP contribution in [-0.2, 0) is 0 Å². The summed E-state index contributed by atoms with van der Waals surface area (Å²) in [5, 5.41) is 5.34. The second-order valence-electron chi connectivity index (χ2n) is 4.66. The van der Waals surface area contributed by atoms with Gasteiger partial charge in [-0.2, -0.15) is 0 Å². The van der Waals surface area contributed by atoms with E-state index in [1.807, 2.05) is 31.3 Å². The SMILES string of the molecule is CN(c1ccc(N=O)cc1)c1cccc2ccccc12. The quantitative estimate of drug-likeness (QED) is 0.622. The Labute approximate surface area is 117 Å². The van der Waals surface area contributed by atoms with Gasteiger partial charge in [-0.25, -0.2) is 0 Å². The van der Waals surface area contributed by atoms with Crippen molar-refractivity contribution in [2.45, 2.75) is 0 Å². The number of hydrogen-bond donors (Lipinski definition) is 0. The second kappa shape index (κ2) is 5.13. The molecule has 0 unspecified atom stereocenters. The fraction of sp³-hybridized carbons (Fsp3) is 0.0588. The van der Waals surface area contributed by atoms with Crippen molar-refractivity contribution in [3.05, 3.63) is 71.6 Å². The first-order valence-corrected chi connectivity index (χ1v) is 6.44. The van der Waals surface area contributed by atoms with Crippen LogP contribution in [0, 0.1) is 4.91 Å². The Morgan fingerprint density at radius 3 is 2.30 bits per heavy atom. The van der Waals surface area contributed by atoms with E-state index in [1.165, 1.54) is 10.8 Å². The number of nitrogens with zero attached hydrogens (tertiary/aromatic N) is 2. The minimum Gasteiger partial charge on any atom is -0.344 e. The molecule has 0 heterocycles. The lowest BCUT2D eigenvalue weighted by Crippen LogP contribution is -2.09. The van der Waals surface area contributed by atoms with E-state index in [-0.39, 0.29) is 0 Å². The van der Waals surface area contributed by atoms with Gasteiger partial charge in [0.25, 0.3) is 0 Å². The van der Waals surface area contributed by atoms with Crippen molar-refractivity contribution in [3.63, 3.8) is 0 Å². The van der Waals surface area contributed by atoms with Gasteiger partial charge in [0.2, 0.25) is 0 Å². The molecule has 0 bridgehead atoms. The lowest BCUT2D eigenvalue weighted by atomic mass is 10.1. The molecular weight excluding hydrogens is 248 g/mol. The fourth-order valence-corrected chi connectivity index (χ4v) is 2.38. The van der Waals surface area contributed by atoms with Crippen molar-refractivity contribution in [1.29, 1.82) is 0 Å². The van der Waals surface area contributed by atoms with E-state index in [9.17, 15) is 4.91 Å². The summed E-state index contributed by atoms with van der Waals surface area (Å²) in [6.07, 6.45) is 0. The zero-order valence-electron chi connectivity index (χ0n) is 11.2. The number of fused-ring (bicyclic) bond motifs is 1. The van der Waals surface area contributed by atoms with Crippen LogP contribution >= 0.6 is 0 Å². The molecule has 0 saturated heterocycles. The van der Waals surface area contributed by atoms with Gasteiger partial charge in [0, 0.05) is 23.8 Å². The van der Waals surface area contributed by atoms with Crippen LogP contribution in [0.4, 0.5) is 17.1 Å². The maximum absolute atomic E-state index is 10.5. The molecule has 98 valence electrons. The van der Waals surface area contributed by atoms with Crippen LogP contribution in [-0.4, -0.2) is 7.05 Å². The summed E-state index contributed by atoms with van der Waals surface area (Å²) in [5.74, 6) is 0. The van der Waals surface area contributed by atoms with E-state index in [1.54, 1.807) is 12.1 Å². The van der Waals surface area contributed by atoms with Gasteiger partial charge in [0.15, 0.2) is 0 Å². The zero-order valence-corrected chi connectivity index (χ0v) is 11.2. The Balaban J connectivity index is 2.07. The van der Waals surface area contributed by atoms with Crippen LogP contribution in [0.2, 0.25) is 0 Å². The highest BCUT2D eigenvalue weighted by atomic mass is 16.3. The first kappa shape index (κ1) is 12.4. The Hall–Kier alpha value is -2.68. The van der Waals surface area contributed by atoms with Crippen LogP contribution in [0.1, 0.15) is 0 Å². The van der Waals surface area contributed by atoms with Gasteiger partial charge in [0.05, 0.1) is 0 Å². The molecule has 3 aromatic rings. The molecule has 0 spiro atoms. The zero-order chi connectivity index (χ0) is 13.9. The molecule has 3 aromatic carbocycles. The molecule has 0 fully saturated rings. The maximum Gasteiger partial charge on any atom is 0.108 e. The van der Waals surface area contributed by atoms with E-state index in [4.69, 9.17) is 0 Å². The van der Waals surface area contributed by atoms with E-state index >= 15 is 0 Å². The Bertz CT molecular complexity index is 745. The van der Waals surface area contributed by atoms with E-state index in [2.05, 4.69) is 40.4 Å². The predicted octanol–water partition coefficient (Wildman–Crippen LogP) is 5.01. The van der Waals surface area contributed by atoms with Gasteiger partial charge in [-0.1, -0.05) is 36.4 Å². The molecule has 0 aliphatic heterocycles. The minimum atomic E-state index is 0.445. The highest BCUT2D eigenvalue weighted by Gasteiger charge is 2.07. The van der Waals surface area contributed by atoms with Gasteiger partial charge in [-0.3, -0.25) is 0 Å². The van der Waals surface area contributed by atoms with Gasteiger partial charge in [-0.05, 0) is 40.9 Å². The summed E-state index contributed by atoms with van der Waals surface area (Å²) in [5.41, 5.74) is 2.60. The third-order valence-corrected chi connectivity index (χ3v) is 3.47. The first-order chi connectivity index (χ1) is 9.79. The van der Waals surface area contributed by atoms with Gasteiger partial charge in [0.1, 0.15) is 5.69 Å². The van der Waals surface area contributed by atoms with E-state index < -0.39 is 0 Å². The molecule has 0 aromatic heterocycles. The lowest BCUT2D eigenvalue weighted by Gasteiger charge is -2.21. The summed E-state index contributed by atoms with van der Waals surface area (Å²) in [4.78, 5) is 12.6. The van der Waals surface area contributed by atoms with Crippen LogP contribution in [0.5, 0.6) is 0 Å². The Kier molecular flexibility index (Phi) is 3.17. The number of nitroso groups, excluding NO2 is 1. The number of anilines is 2. The molecule has 3 nitrogen and oxygen atoms in total. The van der Waals surface area contributed by atoms with Crippen molar-refractivity contribution in [2.75, 3.05) is 11.9 Å². The third kappa shape index (κ3) is 2.14. The maximum atomic E-state index is 10.5. The van der Waals surface area contributed by atoms with Crippen molar-refractivity contribution >= 4 is 27.8 Å². The third-order valence-electron chi connectivity index (χ3n) is 3.47. The van der Waals surface area contributed by atoms with E-state index in [0.717, 1.165) is 11.4 Å². The number of rotatable bonds is 3. The van der Waals surface area contributed by atoms with Crippen LogP contribution in [0.15, 0.2) is 71.9 Å². The van der Waals surface area contributed by atoms with Crippen molar-refractivity contribution < 1.29 is 0 Å². The van der Waals surface area contributed by atoms with Crippen LogP contribution in [0.25, 0.3) is 10.8 Å². The molecule has 0 aliphatic carbocycles. The smallest absolute Gasteiger partial charge is 0.108 e. The Morgan fingerprint density at radius 1 is 0.850 bits per heavy atom. The summed E-state index contributed by atoms with van der Waals surface area (Å²) < 4.78 is 0. The summed E-state index contributed by atoms with van der Waals surface area (Å²) in [6.45, 7) is 0. The fourth-order valence-electron chi connectivity index (χ4n) is 2.38. The highest BCUT2D eigenvalue weighted by Crippen LogP contribution is 2.31. The van der Waals surface area contributed by atoms with Crippen LogP contribution < -0.4 is 4.90 Å². The topological polar surface area (TPSA) is 32.7 Å². The molecule has 0 saturated carbocycles. The average Bonchev–Trinajstić information content (AvgIpc) is 2.54. The van der Waals surface area contributed by atoms with Gasteiger partial charge >= 0.3 is 0 Å². The molecule has 0 atom stereocenters. The first-order valence-electron chi connectivity index (χ1n) is 6.44. The number of hydrogen-bond acceptors (Lipinski definition) is 3. The van der Waals surface area contributed by atoms with Crippen molar-refractivity contribution in [2.24, 2.45) is 5.18 Å². The lowest BCUT2D eigenvalue weighted by molar-refractivity contribution is 1.22. The predicted molar refractivity (Wildman–Crippen MR) is 83.9 cm³/mol. The standard InChI is InChI=1S/C17H14N2O/c1-19(15-11-9-14(18-20)10-12-15)17-8-4-6-13-5-2-3-7-16(13)17/h2-12H,1H3. The van der Waals surface area contributed by atoms with Gasteiger partial charge in [-0.15, -0.1) is 4.91 Å². The second-order valence-corrected chi connectivity index (χ2v) is 4.66.